The van der Waals surface area contributed by atoms with E-state index in [1.165, 1.54) is 23.6 Å². The van der Waals surface area contributed by atoms with Gasteiger partial charge in [-0.05, 0) is 18.2 Å². The van der Waals surface area contributed by atoms with Crippen LogP contribution in [0, 0.1) is 0 Å². The maximum absolute atomic E-state index is 10.7. The average Bonchev–Trinajstić information content (AvgIpc) is 2.73. The maximum Gasteiger partial charge on any atom is 0.354 e. The quantitative estimate of drug-likeness (QED) is 0.892. The van der Waals surface area contributed by atoms with Gasteiger partial charge in [0.1, 0.15) is 0 Å². The summed E-state index contributed by atoms with van der Waals surface area (Å²) in [4.78, 5) is 19.5. The summed E-state index contributed by atoms with van der Waals surface area (Å²) >= 11 is 7.24. The highest BCUT2D eigenvalue weighted by Crippen LogP contribution is 2.21. The summed E-state index contributed by atoms with van der Waals surface area (Å²) in [6.45, 7) is 0.514. The molecule has 7 heteroatoms. The first-order valence-electron chi connectivity index (χ1n) is 4.69. The number of hydrogen-bond acceptors (Lipinski definition) is 5. The van der Waals surface area contributed by atoms with Crippen molar-refractivity contribution in [3.8, 4) is 0 Å². The first-order valence-corrected chi connectivity index (χ1v) is 5.89. The monoisotopic (exact) mass is 269 g/mol. The summed E-state index contributed by atoms with van der Waals surface area (Å²) in [5.74, 6) is -0.788. The van der Waals surface area contributed by atoms with Gasteiger partial charge in [-0.3, -0.25) is 0 Å². The van der Waals surface area contributed by atoms with Crippen molar-refractivity contribution in [1.29, 1.82) is 0 Å². The second-order valence-corrected chi connectivity index (χ2v) is 4.93. The van der Waals surface area contributed by atoms with E-state index in [0.29, 0.717) is 10.9 Å². The molecule has 2 aromatic heterocycles. The van der Waals surface area contributed by atoms with E-state index in [0.717, 1.165) is 4.88 Å². The van der Waals surface area contributed by atoms with E-state index in [2.05, 4.69) is 15.3 Å². The van der Waals surface area contributed by atoms with Gasteiger partial charge in [-0.15, -0.1) is 11.3 Å². The zero-order valence-corrected chi connectivity index (χ0v) is 10.1. The lowest BCUT2D eigenvalue weighted by molar-refractivity contribution is 0.0690. The van der Waals surface area contributed by atoms with E-state index >= 15 is 0 Å². The first-order chi connectivity index (χ1) is 8.15. The van der Waals surface area contributed by atoms with Gasteiger partial charge in [-0.2, -0.15) is 0 Å². The Labute approximate surface area is 106 Å². The molecular formula is C10H8ClN3O2S. The molecule has 0 aliphatic carbocycles. The van der Waals surface area contributed by atoms with Crippen molar-refractivity contribution in [2.75, 3.05) is 5.32 Å². The molecule has 0 aliphatic rings. The highest BCUT2D eigenvalue weighted by atomic mass is 35.5. The molecule has 88 valence electrons. The van der Waals surface area contributed by atoms with Gasteiger partial charge in [0.05, 0.1) is 10.9 Å². The van der Waals surface area contributed by atoms with Crippen molar-refractivity contribution in [2.45, 2.75) is 6.54 Å². The van der Waals surface area contributed by atoms with Crippen LogP contribution in [-0.2, 0) is 6.54 Å². The molecule has 0 spiro atoms. The molecule has 0 atom stereocenters. The molecule has 2 heterocycles. The van der Waals surface area contributed by atoms with Gasteiger partial charge >= 0.3 is 5.97 Å². The third-order valence-corrected chi connectivity index (χ3v) is 3.16. The van der Waals surface area contributed by atoms with Crippen LogP contribution >= 0.6 is 22.9 Å². The van der Waals surface area contributed by atoms with Crippen LogP contribution in [0.3, 0.4) is 0 Å². The lowest BCUT2D eigenvalue weighted by Gasteiger charge is -2.02. The van der Waals surface area contributed by atoms with Crippen molar-refractivity contribution >= 4 is 34.9 Å². The summed E-state index contributed by atoms with van der Waals surface area (Å²) in [7, 11) is 0. The minimum atomic E-state index is -1.07. The largest absolute Gasteiger partial charge is 0.477 e. The molecule has 2 rings (SSSR count). The van der Waals surface area contributed by atoms with Crippen LogP contribution < -0.4 is 5.32 Å². The Morgan fingerprint density at radius 1 is 1.47 bits per heavy atom. The SMILES string of the molecule is O=C(O)c1ccnc(NCc2ccc(Cl)s2)n1. The lowest BCUT2D eigenvalue weighted by Crippen LogP contribution is -2.06. The van der Waals surface area contributed by atoms with Gasteiger partial charge in [0.15, 0.2) is 5.69 Å². The predicted molar refractivity (Wildman–Crippen MR) is 65.6 cm³/mol. The van der Waals surface area contributed by atoms with E-state index in [1.54, 1.807) is 6.07 Å². The van der Waals surface area contributed by atoms with E-state index in [4.69, 9.17) is 16.7 Å². The van der Waals surface area contributed by atoms with Gasteiger partial charge in [0, 0.05) is 11.1 Å². The normalized spacial score (nSPS) is 10.2. The van der Waals surface area contributed by atoms with Crippen molar-refractivity contribution in [3.05, 3.63) is 39.3 Å². The fourth-order valence-electron chi connectivity index (χ4n) is 1.18. The van der Waals surface area contributed by atoms with Crippen LogP contribution in [0.25, 0.3) is 0 Å². The number of hydrogen-bond donors (Lipinski definition) is 2. The smallest absolute Gasteiger partial charge is 0.354 e. The summed E-state index contributed by atoms with van der Waals surface area (Å²) in [5, 5.41) is 11.7. The first kappa shape index (κ1) is 11.8. The Hall–Kier alpha value is -1.66. The zero-order chi connectivity index (χ0) is 12.3. The van der Waals surface area contributed by atoms with E-state index in [9.17, 15) is 4.79 Å². The van der Waals surface area contributed by atoms with Crippen LogP contribution in [0.5, 0.6) is 0 Å². The van der Waals surface area contributed by atoms with Gasteiger partial charge in [-0.1, -0.05) is 11.6 Å². The molecule has 17 heavy (non-hydrogen) atoms. The topological polar surface area (TPSA) is 75.1 Å². The predicted octanol–water partition coefficient (Wildman–Crippen LogP) is 2.50. The number of halogens is 1. The molecule has 0 saturated carbocycles. The van der Waals surface area contributed by atoms with Crippen LogP contribution in [-0.4, -0.2) is 21.0 Å². The van der Waals surface area contributed by atoms with Crippen LogP contribution in [0.4, 0.5) is 5.95 Å². The molecule has 5 nitrogen and oxygen atoms in total. The highest BCUT2D eigenvalue weighted by molar-refractivity contribution is 7.16. The number of rotatable bonds is 4. The fraction of sp³-hybridized carbons (Fsp3) is 0.100. The van der Waals surface area contributed by atoms with Crippen molar-refractivity contribution in [2.24, 2.45) is 0 Å². The number of carboxylic acid groups (broad SMARTS) is 1. The van der Waals surface area contributed by atoms with Crippen molar-refractivity contribution in [1.82, 2.24) is 9.97 Å². The third-order valence-electron chi connectivity index (χ3n) is 1.92. The van der Waals surface area contributed by atoms with Gasteiger partial charge in [0.2, 0.25) is 5.95 Å². The Kier molecular flexibility index (Phi) is 3.55. The number of aromatic carboxylic acids is 1. The third kappa shape index (κ3) is 3.15. The fourth-order valence-corrected chi connectivity index (χ4v) is 2.20. The zero-order valence-electron chi connectivity index (χ0n) is 8.55. The molecule has 2 N–H and O–H groups in total. The maximum atomic E-state index is 10.7. The lowest BCUT2D eigenvalue weighted by atomic mass is 10.4. The summed E-state index contributed by atoms with van der Waals surface area (Å²) in [6, 6.07) is 5.04. The molecule has 0 amide bonds. The second kappa shape index (κ2) is 5.11. The van der Waals surface area contributed by atoms with Crippen LogP contribution in [0.2, 0.25) is 4.34 Å². The minimum absolute atomic E-state index is 0.0355. The molecular weight excluding hydrogens is 262 g/mol. The number of carbonyl (C=O) groups is 1. The van der Waals surface area contributed by atoms with E-state index in [-0.39, 0.29) is 11.6 Å². The molecule has 2 aromatic rings. The number of anilines is 1. The Bertz CT molecular complexity index is 544. The van der Waals surface area contributed by atoms with Crippen molar-refractivity contribution in [3.63, 3.8) is 0 Å². The second-order valence-electron chi connectivity index (χ2n) is 3.13. The number of nitrogens with zero attached hydrogens (tertiary/aromatic N) is 2. The standard InChI is InChI=1S/C10H8ClN3O2S/c11-8-2-1-6(17-8)5-13-10-12-4-3-7(14-10)9(15)16/h1-4H,5H2,(H,15,16)(H,12,13,14). The van der Waals surface area contributed by atoms with E-state index < -0.39 is 5.97 Å². The number of thiophene rings is 1. The number of aromatic nitrogens is 2. The molecule has 0 unspecified atom stereocenters. The molecule has 0 aromatic carbocycles. The average molecular weight is 270 g/mol. The Morgan fingerprint density at radius 3 is 2.94 bits per heavy atom. The Morgan fingerprint density at radius 2 is 2.29 bits per heavy atom. The van der Waals surface area contributed by atoms with Gasteiger partial charge in [-0.25, -0.2) is 14.8 Å². The van der Waals surface area contributed by atoms with E-state index in [1.807, 2.05) is 6.07 Å². The van der Waals surface area contributed by atoms with Crippen LogP contribution in [0.1, 0.15) is 15.4 Å². The molecule has 0 saturated heterocycles. The number of carboxylic acids is 1. The molecule has 0 fully saturated rings. The van der Waals surface area contributed by atoms with Crippen LogP contribution in [0.15, 0.2) is 24.4 Å². The molecule has 0 aliphatic heterocycles. The molecule has 0 bridgehead atoms. The number of nitrogens with one attached hydrogen (secondary N) is 1. The summed E-state index contributed by atoms with van der Waals surface area (Å²) in [6.07, 6.45) is 1.40. The molecule has 0 radical (unpaired) electrons. The van der Waals surface area contributed by atoms with Gasteiger partial charge < -0.3 is 10.4 Å². The van der Waals surface area contributed by atoms with Crippen molar-refractivity contribution < 1.29 is 9.90 Å². The minimum Gasteiger partial charge on any atom is -0.477 e. The van der Waals surface area contributed by atoms with Gasteiger partial charge in [0.25, 0.3) is 0 Å². The highest BCUT2D eigenvalue weighted by Gasteiger charge is 2.06. The summed E-state index contributed by atoms with van der Waals surface area (Å²) < 4.78 is 0.710. The Balaban J connectivity index is 2.04. The summed E-state index contributed by atoms with van der Waals surface area (Å²) in [5.41, 5.74) is -0.0355.